The number of rotatable bonds is 6. The summed E-state index contributed by atoms with van der Waals surface area (Å²) in [7, 11) is 0. The molecule has 1 heterocycles. The van der Waals surface area contributed by atoms with Crippen molar-refractivity contribution in [1.29, 1.82) is 0 Å². The molecule has 0 aliphatic carbocycles. The highest BCUT2D eigenvalue weighted by molar-refractivity contribution is 5.68. The Balaban J connectivity index is 1.54. The van der Waals surface area contributed by atoms with Gasteiger partial charge in [0, 0.05) is 11.1 Å². The molecule has 0 saturated carbocycles. The summed E-state index contributed by atoms with van der Waals surface area (Å²) in [6, 6.07) is 20.6. The number of nitrogens with zero attached hydrogens (tertiary/aromatic N) is 2. The number of hydrogen-bond donors (Lipinski definition) is 0. The van der Waals surface area contributed by atoms with Crippen molar-refractivity contribution in [3.05, 3.63) is 78.1 Å². The molecular weight excluding hydrogens is 367 g/mol. The summed E-state index contributed by atoms with van der Waals surface area (Å²) in [5.41, 5.74) is 4.57. The van der Waals surface area contributed by atoms with E-state index in [1.807, 2.05) is 68.4 Å². The highest BCUT2D eigenvalue weighted by Crippen LogP contribution is 2.28. The van der Waals surface area contributed by atoms with Gasteiger partial charge in [-0.3, -0.25) is 0 Å². The van der Waals surface area contributed by atoms with Crippen LogP contribution in [-0.2, 0) is 0 Å². The summed E-state index contributed by atoms with van der Waals surface area (Å²) >= 11 is 0. The summed E-state index contributed by atoms with van der Waals surface area (Å²) in [5.74, 6) is 0.914. The molecule has 0 N–H and O–H groups in total. The lowest BCUT2D eigenvalue weighted by atomic mass is 10.0. The molecule has 0 amide bonds. The van der Waals surface area contributed by atoms with E-state index in [-0.39, 0.29) is 11.6 Å². The quantitative estimate of drug-likeness (QED) is 0.388. The van der Waals surface area contributed by atoms with Crippen molar-refractivity contribution in [3.63, 3.8) is 0 Å². The summed E-state index contributed by atoms with van der Waals surface area (Å²) in [4.78, 5) is 4.48. The second kappa shape index (κ2) is 8.27. The van der Waals surface area contributed by atoms with Crippen molar-refractivity contribution in [2.45, 2.75) is 20.3 Å². The highest BCUT2D eigenvalue weighted by atomic mass is 19.1. The van der Waals surface area contributed by atoms with Gasteiger partial charge in [0.2, 0.25) is 5.82 Å². The monoisotopic (exact) mass is 388 g/mol. The van der Waals surface area contributed by atoms with Gasteiger partial charge in [0.05, 0.1) is 6.61 Å². The van der Waals surface area contributed by atoms with Crippen LogP contribution in [0.1, 0.15) is 18.9 Å². The van der Waals surface area contributed by atoms with E-state index in [2.05, 4.69) is 10.1 Å². The lowest BCUT2D eigenvalue weighted by molar-refractivity contribution is 0.301. The largest absolute Gasteiger partial charge is 0.491 e. The van der Waals surface area contributed by atoms with E-state index in [4.69, 9.17) is 9.26 Å². The maximum absolute atomic E-state index is 14.2. The smallest absolute Gasteiger partial charge is 0.258 e. The average Bonchev–Trinajstić information content (AvgIpc) is 3.24. The van der Waals surface area contributed by atoms with E-state index in [9.17, 15) is 4.39 Å². The van der Waals surface area contributed by atoms with Crippen LogP contribution >= 0.6 is 0 Å². The zero-order chi connectivity index (χ0) is 20.2. The molecule has 4 aromatic rings. The lowest BCUT2D eigenvalue weighted by Gasteiger charge is -2.08. The third kappa shape index (κ3) is 4.19. The molecule has 146 valence electrons. The second-order valence-corrected chi connectivity index (χ2v) is 6.86. The molecular formula is C24H21FN2O2. The fraction of sp³-hybridized carbons (Fsp3) is 0.167. The van der Waals surface area contributed by atoms with Crippen molar-refractivity contribution < 1.29 is 13.7 Å². The van der Waals surface area contributed by atoms with Crippen molar-refractivity contribution in [2.75, 3.05) is 6.61 Å². The fourth-order valence-electron chi connectivity index (χ4n) is 2.98. The Morgan fingerprint density at radius 1 is 0.862 bits per heavy atom. The molecule has 1 aromatic heterocycles. The first-order chi connectivity index (χ1) is 14.1. The van der Waals surface area contributed by atoms with Gasteiger partial charge in [0.1, 0.15) is 0 Å². The predicted molar refractivity (Wildman–Crippen MR) is 111 cm³/mol. The number of aromatic nitrogens is 2. The first kappa shape index (κ1) is 18.9. The van der Waals surface area contributed by atoms with Crippen molar-refractivity contribution in [1.82, 2.24) is 10.1 Å². The molecule has 29 heavy (non-hydrogen) atoms. The number of halogens is 1. The first-order valence-corrected chi connectivity index (χ1v) is 9.58. The van der Waals surface area contributed by atoms with E-state index >= 15 is 0 Å². The molecule has 4 rings (SSSR count). The Labute approximate surface area is 169 Å². The summed E-state index contributed by atoms with van der Waals surface area (Å²) in [6.45, 7) is 4.52. The fourth-order valence-corrected chi connectivity index (χ4v) is 2.98. The van der Waals surface area contributed by atoms with Crippen LogP contribution in [0.2, 0.25) is 0 Å². The van der Waals surface area contributed by atoms with E-state index in [0.29, 0.717) is 18.3 Å². The summed E-state index contributed by atoms with van der Waals surface area (Å²) in [6.07, 6.45) is 0.837. The van der Waals surface area contributed by atoms with Gasteiger partial charge in [-0.25, -0.2) is 4.39 Å². The number of ether oxygens (including phenoxy) is 1. The SMILES string of the molecule is CCCOc1ccc(-c2ccc(-c3nc(-c4ccc(C)cc4)no3)cc2)cc1F. The Morgan fingerprint density at radius 2 is 1.52 bits per heavy atom. The van der Waals surface area contributed by atoms with E-state index < -0.39 is 0 Å². The van der Waals surface area contributed by atoms with Gasteiger partial charge in [0.25, 0.3) is 5.89 Å². The minimum atomic E-state index is -0.361. The third-order valence-electron chi connectivity index (χ3n) is 4.59. The topological polar surface area (TPSA) is 48.2 Å². The van der Waals surface area contributed by atoms with Gasteiger partial charge in [-0.1, -0.05) is 60.1 Å². The highest BCUT2D eigenvalue weighted by Gasteiger charge is 2.11. The third-order valence-corrected chi connectivity index (χ3v) is 4.59. The molecule has 0 fully saturated rings. The van der Waals surface area contributed by atoms with Crippen LogP contribution in [0, 0.1) is 12.7 Å². The van der Waals surface area contributed by atoms with E-state index in [1.165, 1.54) is 11.6 Å². The first-order valence-electron chi connectivity index (χ1n) is 9.58. The van der Waals surface area contributed by atoms with Crippen molar-refractivity contribution >= 4 is 0 Å². The Kier molecular flexibility index (Phi) is 5.38. The molecule has 0 aliphatic heterocycles. The van der Waals surface area contributed by atoms with E-state index in [0.717, 1.165) is 28.7 Å². The van der Waals surface area contributed by atoms with Crippen LogP contribution in [-0.4, -0.2) is 16.7 Å². The zero-order valence-electron chi connectivity index (χ0n) is 16.4. The van der Waals surface area contributed by atoms with Crippen LogP contribution in [0.4, 0.5) is 4.39 Å². The molecule has 4 nitrogen and oxygen atoms in total. The van der Waals surface area contributed by atoms with Gasteiger partial charge in [-0.2, -0.15) is 4.98 Å². The van der Waals surface area contributed by atoms with Gasteiger partial charge >= 0.3 is 0 Å². The van der Waals surface area contributed by atoms with E-state index in [1.54, 1.807) is 6.07 Å². The van der Waals surface area contributed by atoms with Gasteiger partial charge in [-0.15, -0.1) is 0 Å². The molecule has 5 heteroatoms. The lowest BCUT2D eigenvalue weighted by Crippen LogP contribution is -1.97. The molecule has 0 aliphatic rings. The number of hydrogen-bond acceptors (Lipinski definition) is 4. The van der Waals surface area contributed by atoms with Crippen LogP contribution in [0.5, 0.6) is 5.75 Å². The Hall–Kier alpha value is -3.47. The van der Waals surface area contributed by atoms with Gasteiger partial charge in [-0.05, 0) is 48.7 Å². The zero-order valence-corrected chi connectivity index (χ0v) is 16.4. The molecule has 3 aromatic carbocycles. The molecule has 0 spiro atoms. The maximum Gasteiger partial charge on any atom is 0.258 e. The maximum atomic E-state index is 14.2. The van der Waals surface area contributed by atoms with Crippen LogP contribution in [0.3, 0.4) is 0 Å². The van der Waals surface area contributed by atoms with Gasteiger partial charge in [0.15, 0.2) is 11.6 Å². The van der Waals surface area contributed by atoms with Gasteiger partial charge < -0.3 is 9.26 Å². The standard InChI is InChI=1S/C24H21FN2O2/c1-3-14-28-22-13-12-20(15-21(22)25)17-8-10-19(11-9-17)24-26-23(27-29-24)18-6-4-16(2)5-7-18/h4-13,15H,3,14H2,1-2H3. The summed E-state index contributed by atoms with van der Waals surface area (Å²) in [5, 5.41) is 4.07. The minimum Gasteiger partial charge on any atom is -0.491 e. The van der Waals surface area contributed by atoms with Crippen molar-refractivity contribution in [3.8, 4) is 39.7 Å². The van der Waals surface area contributed by atoms with Crippen molar-refractivity contribution in [2.24, 2.45) is 0 Å². The summed E-state index contributed by atoms with van der Waals surface area (Å²) < 4.78 is 25.0. The average molecular weight is 388 g/mol. The normalized spacial score (nSPS) is 10.9. The minimum absolute atomic E-state index is 0.279. The molecule has 0 bridgehead atoms. The molecule has 0 atom stereocenters. The van der Waals surface area contributed by atoms with Crippen LogP contribution in [0.25, 0.3) is 34.0 Å². The number of benzene rings is 3. The number of aryl methyl sites for hydroxylation is 1. The second-order valence-electron chi connectivity index (χ2n) is 6.86. The predicted octanol–water partition coefficient (Wildman–Crippen LogP) is 6.31. The Bertz CT molecular complexity index is 1100. The molecule has 0 unspecified atom stereocenters. The Morgan fingerprint density at radius 3 is 2.21 bits per heavy atom. The molecule has 0 radical (unpaired) electrons. The van der Waals surface area contributed by atoms with Crippen LogP contribution < -0.4 is 4.74 Å². The van der Waals surface area contributed by atoms with Crippen LogP contribution in [0.15, 0.2) is 71.3 Å². The molecule has 0 saturated heterocycles.